The molecule has 1 aromatic carbocycles. The number of imidazole rings is 1. The molecule has 3 N–H and O–H groups in total. The Bertz CT molecular complexity index is 604. The van der Waals surface area contributed by atoms with Crippen molar-refractivity contribution in [1.29, 1.82) is 0 Å². The summed E-state index contributed by atoms with van der Waals surface area (Å²) >= 11 is 0. The van der Waals surface area contributed by atoms with Gasteiger partial charge < -0.3 is 15.4 Å². The van der Waals surface area contributed by atoms with Gasteiger partial charge in [0.15, 0.2) is 0 Å². The van der Waals surface area contributed by atoms with Crippen molar-refractivity contribution in [3.8, 4) is 0 Å². The van der Waals surface area contributed by atoms with Crippen LogP contribution >= 0.6 is 0 Å². The van der Waals surface area contributed by atoms with E-state index in [9.17, 15) is 9.90 Å². The van der Waals surface area contributed by atoms with Crippen LogP contribution in [0.25, 0.3) is 11.0 Å². The molecule has 1 heterocycles. The van der Waals surface area contributed by atoms with Gasteiger partial charge >= 0.3 is 0 Å². The Morgan fingerprint density at radius 1 is 1.55 bits per heavy atom. The Hall–Kier alpha value is -1.88. The van der Waals surface area contributed by atoms with E-state index in [0.717, 1.165) is 17.5 Å². The number of aromatic nitrogens is 2. The number of fused-ring (bicyclic) bond motifs is 1. The second kappa shape index (κ2) is 5.63. The first-order valence-corrected chi connectivity index (χ1v) is 6.87. The highest BCUT2D eigenvalue weighted by atomic mass is 16.3. The molecule has 0 radical (unpaired) electrons. The van der Waals surface area contributed by atoms with Gasteiger partial charge in [-0.1, -0.05) is 20.3 Å². The molecule has 0 saturated carbocycles. The molecule has 2 aromatic rings. The van der Waals surface area contributed by atoms with E-state index in [-0.39, 0.29) is 18.4 Å². The zero-order chi connectivity index (χ0) is 14.8. The third-order valence-corrected chi connectivity index (χ3v) is 3.96. The highest BCUT2D eigenvalue weighted by Gasteiger charge is 2.27. The maximum Gasteiger partial charge on any atom is 0.251 e. The first-order chi connectivity index (χ1) is 9.44. The van der Waals surface area contributed by atoms with Crippen molar-refractivity contribution in [2.24, 2.45) is 5.92 Å². The molecule has 2 rings (SSSR count). The first-order valence-electron chi connectivity index (χ1n) is 6.87. The van der Waals surface area contributed by atoms with Crippen molar-refractivity contribution in [3.63, 3.8) is 0 Å². The first kappa shape index (κ1) is 14.5. The molecule has 2 unspecified atom stereocenters. The minimum atomic E-state index is -0.900. The van der Waals surface area contributed by atoms with Crippen LogP contribution in [0.1, 0.15) is 37.6 Å². The second-order valence-electron chi connectivity index (χ2n) is 5.48. The number of nitrogens with one attached hydrogen (secondary N) is 2. The third kappa shape index (κ3) is 2.99. The number of hydrogen-bond donors (Lipinski definition) is 3. The van der Waals surface area contributed by atoms with Crippen LogP contribution in [-0.2, 0) is 0 Å². The number of nitrogens with zero attached hydrogens (tertiary/aromatic N) is 1. The lowest BCUT2D eigenvalue weighted by Gasteiger charge is -2.29. The van der Waals surface area contributed by atoms with E-state index < -0.39 is 5.60 Å². The summed E-state index contributed by atoms with van der Waals surface area (Å²) in [4.78, 5) is 19.2. The van der Waals surface area contributed by atoms with Gasteiger partial charge in [-0.25, -0.2) is 4.98 Å². The molecule has 0 aliphatic heterocycles. The molecule has 0 spiro atoms. The summed E-state index contributed by atoms with van der Waals surface area (Å²) in [6.07, 6.45) is 2.46. The van der Waals surface area contributed by atoms with Crippen LogP contribution in [0.4, 0.5) is 0 Å². The second-order valence-corrected chi connectivity index (χ2v) is 5.48. The quantitative estimate of drug-likeness (QED) is 0.782. The summed E-state index contributed by atoms with van der Waals surface area (Å²) in [5.41, 5.74) is 1.31. The average molecular weight is 275 g/mol. The fourth-order valence-corrected chi connectivity index (χ4v) is 2.05. The Morgan fingerprint density at radius 3 is 3.00 bits per heavy atom. The van der Waals surface area contributed by atoms with Crippen LogP contribution in [0.15, 0.2) is 24.5 Å². The van der Waals surface area contributed by atoms with Gasteiger partial charge in [0.25, 0.3) is 5.91 Å². The summed E-state index contributed by atoms with van der Waals surface area (Å²) in [5, 5.41) is 13.1. The number of H-pyrrole nitrogens is 1. The number of amides is 1. The van der Waals surface area contributed by atoms with Gasteiger partial charge in [-0.3, -0.25) is 4.79 Å². The highest BCUT2D eigenvalue weighted by Crippen LogP contribution is 2.19. The maximum atomic E-state index is 12.1. The molecule has 108 valence electrons. The summed E-state index contributed by atoms with van der Waals surface area (Å²) in [6.45, 7) is 5.98. The normalized spacial score (nSPS) is 15.8. The Morgan fingerprint density at radius 2 is 2.30 bits per heavy atom. The minimum absolute atomic E-state index is 0.123. The lowest BCUT2D eigenvalue weighted by atomic mass is 9.88. The summed E-state index contributed by atoms with van der Waals surface area (Å²) in [5.74, 6) is -0.0667. The number of aromatic amines is 1. The van der Waals surface area contributed by atoms with Gasteiger partial charge in [0.1, 0.15) is 0 Å². The fourth-order valence-electron chi connectivity index (χ4n) is 2.05. The maximum absolute atomic E-state index is 12.1. The molecular weight excluding hydrogens is 254 g/mol. The van der Waals surface area contributed by atoms with Crippen LogP contribution < -0.4 is 5.32 Å². The number of carbonyl (C=O) groups is 1. The Labute approximate surface area is 118 Å². The molecule has 0 fully saturated rings. The van der Waals surface area contributed by atoms with Crippen molar-refractivity contribution in [3.05, 3.63) is 30.1 Å². The molecule has 0 bridgehead atoms. The van der Waals surface area contributed by atoms with Crippen LogP contribution in [0.3, 0.4) is 0 Å². The predicted octanol–water partition coefficient (Wildman–Crippen LogP) is 2.09. The van der Waals surface area contributed by atoms with E-state index in [4.69, 9.17) is 0 Å². The van der Waals surface area contributed by atoms with Gasteiger partial charge in [-0.2, -0.15) is 0 Å². The van der Waals surface area contributed by atoms with Gasteiger partial charge in [0.2, 0.25) is 0 Å². The Kier molecular flexibility index (Phi) is 4.09. The van der Waals surface area contributed by atoms with Crippen molar-refractivity contribution >= 4 is 16.9 Å². The SMILES string of the molecule is CCC(C)C(C)(O)CNC(=O)c1ccc2nc[nH]c2c1. The number of carbonyl (C=O) groups excluding carboxylic acids is 1. The standard InChI is InChI=1S/C15H21N3O2/c1-4-10(2)15(3,20)8-16-14(19)11-5-6-12-13(7-11)18-9-17-12/h5-7,9-10,20H,4,8H2,1-3H3,(H,16,19)(H,17,18). The van der Waals surface area contributed by atoms with Crippen molar-refractivity contribution in [2.75, 3.05) is 6.54 Å². The molecule has 1 aromatic heterocycles. The molecule has 0 saturated heterocycles. The molecule has 2 atom stereocenters. The smallest absolute Gasteiger partial charge is 0.251 e. The van der Waals surface area contributed by atoms with Crippen molar-refractivity contribution in [2.45, 2.75) is 32.8 Å². The van der Waals surface area contributed by atoms with Crippen LogP contribution in [0, 0.1) is 5.92 Å². The summed E-state index contributed by atoms with van der Waals surface area (Å²) in [6, 6.07) is 5.29. The average Bonchev–Trinajstić information content (AvgIpc) is 2.91. The number of benzene rings is 1. The molecule has 5 nitrogen and oxygen atoms in total. The van der Waals surface area contributed by atoms with Crippen LogP contribution in [-0.4, -0.2) is 33.1 Å². The van der Waals surface area contributed by atoms with Gasteiger partial charge in [-0.05, 0) is 31.0 Å². The predicted molar refractivity (Wildman–Crippen MR) is 78.5 cm³/mol. The Balaban J connectivity index is 2.04. The van der Waals surface area contributed by atoms with E-state index in [1.54, 1.807) is 31.5 Å². The lowest BCUT2D eigenvalue weighted by Crippen LogP contribution is -2.45. The number of aliphatic hydroxyl groups is 1. The zero-order valence-corrected chi connectivity index (χ0v) is 12.1. The van der Waals surface area contributed by atoms with E-state index in [0.29, 0.717) is 5.56 Å². The monoisotopic (exact) mass is 275 g/mol. The topological polar surface area (TPSA) is 78.0 Å². The number of hydrogen-bond acceptors (Lipinski definition) is 3. The minimum Gasteiger partial charge on any atom is -0.388 e. The summed E-state index contributed by atoms with van der Waals surface area (Å²) < 4.78 is 0. The highest BCUT2D eigenvalue weighted by molar-refractivity contribution is 5.97. The molecule has 5 heteroatoms. The molecular formula is C15H21N3O2. The molecule has 0 aliphatic rings. The fraction of sp³-hybridized carbons (Fsp3) is 0.467. The number of rotatable bonds is 5. The molecule has 1 amide bonds. The van der Waals surface area contributed by atoms with Crippen LogP contribution in [0.5, 0.6) is 0 Å². The lowest BCUT2D eigenvalue weighted by molar-refractivity contribution is 0.00593. The van der Waals surface area contributed by atoms with Crippen molar-refractivity contribution < 1.29 is 9.90 Å². The van der Waals surface area contributed by atoms with E-state index in [1.807, 2.05) is 13.8 Å². The van der Waals surface area contributed by atoms with Crippen LogP contribution in [0.2, 0.25) is 0 Å². The molecule has 0 aliphatic carbocycles. The summed E-state index contributed by atoms with van der Waals surface area (Å²) in [7, 11) is 0. The van der Waals surface area contributed by atoms with Gasteiger partial charge in [0, 0.05) is 12.1 Å². The largest absolute Gasteiger partial charge is 0.388 e. The van der Waals surface area contributed by atoms with Crippen molar-refractivity contribution in [1.82, 2.24) is 15.3 Å². The zero-order valence-electron chi connectivity index (χ0n) is 12.1. The third-order valence-electron chi connectivity index (χ3n) is 3.96. The van der Waals surface area contributed by atoms with E-state index in [2.05, 4.69) is 15.3 Å². The van der Waals surface area contributed by atoms with E-state index in [1.165, 1.54) is 0 Å². The van der Waals surface area contributed by atoms with Gasteiger partial charge in [-0.15, -0.1) is 0 Å². The van der Waals surface area contributed by atoms with Gasteiger partial charge in [0.05, 0.1) is 23.0 Å². The van der Waals surface area contributed by atoms with E-state index >= 15 is 0 Å². The molecule has 20 heavy (non-hydrogen) atoms.